The van der Waals surface area contributed by atoms with Gasteiger partial charge in [0.25, 0.3) is 5.78 Å². The van der Waals surface area contributed by atoms with Crippen LogP contribution in [-0.4, -0.2) is 25.4 Å². The highest BCUT2D eigenvalue weighted by atomic mass is 32.2. The minimum absolute atomic E-state index is 0.155. The third-order valence-corrected chi connectivity index (χ3v) is 5.18. The fourth-order valence-corrected chi connectivity index (χ4v) is 3.89. The molecule has 1 aliphatic rings. The van der Waals surface area contributed by atoms with E-state index in [1.165, 1.54) is 11.1 Å². The number of aromatic nitrogens is 4. The lowest BCUT2D eigenvalue weighted by Crippen LogP contribution is -2.21. The third kappa shape index (κ3) is 2.82. The number of nitrogens with zero attached hydrogens (tertiary/aromatic N) is 4. The Morgan fingerprint density at radius 1 is 1.33 bits per heavy atom. The first kappa shape index (κ1) is 15.3. The van der Waals surface area contributed by atoms with Crippen LogP contribution < -0.4 is 0 Å². The maximum Gasteiger partial charge on any atom is 0.253 e. The standard InChI is InChI=1S/C18H18N4OS/c1-11-4-3-5-13(6-11)10-24-18-20-17-19-9-14-15(22(17)21-18)7-12(2)8-16(14)23/h3-6,9,12H,7-8,10H2,1-2H3. The second-order valence-corrected chi connectivity index (χ2v) is 7.38. The van der Waals surface area contributed by atoms with E-state index < -0.39 is 0 Å². The summed E-state index contributed by atoms with van der Waals surface area (Å²) in [5, 5.41) is 5.28. The quantitative estimate of drug-likeness (QED) is 0.684. The van der Waals surface area contributed by atoms with Gasteiger partial charge in [-0.2, -0.15) is 9.50 Å². The molecular weight excluding hydrogens is 320 g/mol. The molecule has 2 heterocycles. The van der Waals surface area contributed by atoms with E-state index in [4.69, 9.17) is 0 Å². The van der Waals surface area contributed by atoms with Crippen LogP contribution in [0.15, 0.2) is 35.6 Å². The van der Waals surface area contributed by atoms with Crippen LogP contribution in [0.5, 0.6) is 0 Å². The van der Waals surface area contributed by atoms with Gasteiger partial charge in [-0.1, -0.05) is 48.5 Å². The van der Waals surface area contributed by atoms with Crippen molar-refractivity contribution < 1.29 is 4.79 Å². The summed E-state index contributed by atoms with van der Waals surface area (Å²) in [5.74, 6) is 1.88. The summed E-state index contributed by atoms with van der Waals surface area (Å²) >= 11 is 1.59. The number of Topliss-reactive ketones (excluding diaryl/α,β-unsaturated/α-hetero) is 1. The molecule has 4 rings (SSSR count). The second kappa shape index (κ2) is 6.02. The van der Waals surface area contributed by atoms with Gasteiger partial charge in [0.15, 0.2) is 5.78 Å². The average molecular weight is 338 g/mol. The van der Waals surface area contributed by atoms with Gasteiger partial charge in [0.2, 0.25) is 5.16 Å². The van der Waals surface area contributed by atoms with Gasteiger partial charge < -0.3 is 0 Å². The summed E-state index contributed by atoms with van der Waals surface area (Å²) in [5.41, 5.74) is 4.14. The highest BCUT2D eigenvalue weighted by molar-refractivity contribution is 7.98. The van der Waals surface area contributed by atoms with E-state index in [1.807, 2.05) is 0 Å². The van der Waals surface area contributed by atoms with Crippen molar-refractivity contribution in [3.8, 4) is 0 Å². The molecule has 0 N–H and O–H groups in total. The molecule has 2 aromatic heterocycles. The molecule has 1 aromatic carbocycles. The van der Waals surface area contributed by atoms with Crippen molar-refractivity contribution in [2.45, 2.75) is 37.6 Å². The molecule has 0 bridgehead atoms. The zero-order valence-corrected chi connectivity index (χ0v) is 14.5. The van der Waals surface area contributed by atoms with Crippen molar-refractivity contribution in [1.29, 1.82) is 0 Å². The Hall–Kier alpha value is -2.21. The maximum absolute atomic E-state index is 12.2. The predicted molar refractivity (Wildman–Crippen MR) is 93.3 cm³/mol. The van der Waals surface area contributed by atoms with Crippen molar-refractivity contribution >= 4 is 23.3 Å². The largest absolute Gasteiger partial charge is 0.294 e. The van der Waals surface area contributed by atoms with Crippen LogP contribution in [0.1, 0.15) is 40.5 Å². The van der Waals surface area contributed by atoms with Gasteiger partial charge in [0.1, 0.15) is 0 Å². The van der Waals surface area contributed by atoms with Crippen molar-refractivity contribution in [3.63, 3.8) is 0 Å². The number of hydrogen-bond donors (Lipinski definition) is 0. The Morgan fingerprint density at radius 3 is 3.04 bits per heavy atom. The number of aryl methyl sites for hydroxylation is 1. The number of benzene rings is 1. The first-order chi connectivity index (χ1) is 11.6. The molecule has 3 aromatic rings. The zero-order valence-electron chi connectivity index (χ0n) is 13.7. The van der Waals surface area contributed by atoms with Crippen molar-refractivity contribution in [2.75, 3.05) is 0 Å². The lowest BCUT2D eigenvalue weighted by Gasteiger charge is -2.19. The van der Waals surface area contributed by atoms with Crippen molar-refractivity contribution in [1.82, 2.24) is 19.6 Å². The van der Waals surface area contributed by atoms with Gasteiger partial charge in [0, 0.05) is 18.4 Å². The smallest absolute Gasteiger partial charge is 0.253 e. The van der Waals surface area contributed by atoms with Crippen molar-refractivity contribution in [3.05, 3.63) is 52.8 Å². The fourth-order valence-electron chi connectivity index (χ4n) is 3.13. The third-order valence-electron chi connectivity index (χ3n) is 4.27. The Morgan fingerprint density at radius 2 is 2.21 bits per heavy atom. The number of hydrogen-bond acceptors (Lipinski definition) is 5. The number of fused-ring (bicyclic) bond motifs is 3. The minimum atomic E-state index is 0.155. The molecule has 0 fully saturated rings. The molecule has 1 unspecified atom stereocenters. The van der Waals surface area contributed by atoms with Crippen molar-refractivity contribution in [2.24, 2.45) is 5.92 Å². The number of rotatable bonds is 3. The van der Waals surface area contributed by atoms with Crippen LogP contribution >= 0.6 is 11.8 Å². The molecule has 1 aliphatic carbocycles. The normalized spacial score (nSPS) is 17.2. The van der Waals surface area contributed by atoms with Gasteiger partial charge in [-0.25, -0.2) is 4.98 Å². The van der Waals surface area contributed by atoms with Crippen LogP contribution in [0, 0.1) is 12.8 Å². The van der Waals surface area contributed by atoms with E-state index in [0.717, 1.165) is 17.9 Å². The van der Waals surface area contributed by atoms with E-state index >= 15 is 0 Å². The summed E-state index contributed by atoms with van der Waals surface area (Å²) < 4.78 is 1.75. The van der Waals surface area contributed by atoms with Crippen LogP contribution in [0.3, 0.4) is 0 Å². The molecule has 0 spiro atoms. The Bertz CT molecular complexity index is 934. The lowest BCUT2D eigenvalue weighted by molar-refractivity contribution is 0.0951. The van der Waals surface area contributed by atoms with E-state index in [1.54, 1.807) is 22.5 Å². The second-order valence-electron chi connectivity index (χ2n) is 6.44. The summed E-state index contributed by atoms with van der Waals surface area (Å²) in [6, 6.07) is 8.43. The lowest BCUT2D eigenvalue weighted by atomic mass is 9.88. The van der Waals surface area contributed by atoms with Gasteiger partial charge >= 0.3 is 0 Å². The van der Waals surface area contributed by atoms with E-state index in [-0.39, 0.29) is 5.78 Å². The fraction of sp³-hybridized carbons (Fsp3) is 0.333. The van der Waals surface area contributed by atoms with Crippen LogP contribution in [0.2, 0.25) is 0 Å². The molecule has 0 radical (unpaired) electrons. The topological polar surface area (TPSA) is 60.1 Å². The number of thioether (sulfide) groups is 1. The zero-order chi connectivity index (χ0) is 16.7. The number of carbonyl (C=O) groups is 1. The summed E-state index contributed by atoms with van der Waals surface area (Å²) in [6.07, 6.45) is 3.08. The molecule has 122 valence electrons. The van der Waals surface area contributed by atoms with Crippen LogP contribution in [-0.2, 0) is 12.2 Å². The average Bonchev–Trinajstić information content (AvgIpc) is 2.96. The number of carbonyl (C=O) groups excluding carboxylic acids is 1. The van der Waals surface area contributed by atoms with E-state index in [0.29, 0.717) is 28.8 Å². The molecule has 0 aliphatic heterocycles. The first-order valence-electron chi connectivity index (χ1n) is 8.06. The molecule has 0 saturated heterocycles. The predicted octanol–water partition coefficient (Wildman–Crippen LogP) is 3.49. The van der Waals surface area contributed by atoms with Crippen LogP contribution in [0.4, 0.5) is 0 Å². The Kier molecular flexibility index (Phi) is 3.84. The first-order valence-corrected chi connectivity index (χ1v) is 9.05. The summed E-state index contributed by atoms with van der Waals surface area (Å²) in [7, 11) is 0. The maximum atomic E-state index is 12.2. The van der Waals surface area contributed by atoms with Gasteiger partial charge in [-0.3, -0.25) is 4.79 Å². The molecular formula is C18H18N4OS. The summed E-state index contributed by atoms with van der Waals surface area (Å²) in [4.78, 5) is 21.0. The summed E-state index contributed by atoms with van der Waals surface area (Å²) in [6.45, 7) is 4.18. The molecule has 6 heteroatoms. The molecule has 1 atom stereocenters. The van der Waals surface area contributed by atoms with Crippen LogP contribution in [0.25, 0.3) is 5.78 Å². The number of ketones is 1. The van der Waals surface area contributed by atoms with E-state index in [9.17, 15) is 4.79 Å². The SMILES string of the molecule is Cc1cccc(CSc2nc3ncc4c(n3n2)CC(C)CC4=O)c1. The minimum Gasteiger partial charge on any atom is -0.294 e. The molecule has 5 nitrogen and oxygen atoms in total. The van der Waals surface area contributed by atoms with Gasteiger partial charge in [-0.15, -0.1) is 5.10 Å². The molecule has 24 heavy (non-hydrogen) atoms. The van der Waals surface area contributed by atoms with E-state index in [2.05, 4.69) is 53.2 Å². The highest BCUT2D eigenvalue weighted by Crippen LogP contribution is 2.26. The Labute approximate surface area is 144 Å². The highest BCUT2D eigenvalue weighted by Gasteiger charge is 2.26. The Balaban J connectivity index is 1.64. The van der Waals surface area contributed by atoms with Gasteiger partial charge in [-0.05, 0) is 24.8 Å². The molecule has 0 saturated carbocycles. The monoisotopic (exact) mass is 338 g/mol. The van der Waals surface area contributed by atoms with Gasteiger partial charge in [0.05, 0.1) is 11.3 Å². The molecule has 0 amide bonds.